The maximum Gasteiger partial charge on any atom is 0.271 e. The van der Waals surface area contributed by atoms with Gasteiger partial charge in [-0.2, -0.15) is 0 Å². The van der Waals surface area contributed by atoms with Crippen LogP contribution < -0.4 is 5.32 Å². The highest BCUT2D eigenvalue weighted by molar-refractivity contribution is 6.39. The van der Waals surface area contributed by atoms with Gasteiger partial charge in [-0.25, -0.2) is 0 Å². The Labute approximate surface area is 177 Å². The van der Waals surface area contributed by atoms with E-state index in [0.29, 0.717) is 18.7 Å². The molecule has 5 rings (SSSR count). The molecule has 0 radical (unpaired) electrons. The molecule has 1 aromatic rings. The Hall–Kier alpha value is -2.41. The summed E-state index contributed by atoms with van der Waals surface area (Å²) in [5.41, 5.74) is 1.04. The van der Waals surface area contributed by atoms with Crippen molar-refractivity contribution in [1.82, 2.24) is 15.1 Å². The average molecular weight is 411 g/mol. The van der Waals surface area contributed by atoms with Gasteiger partial charge in [-0.1, -0.05) is 35.5 Å². The Balaban J connectivity index is 1.31. The number of oxime groups is 1. The molecule has 7 heteroatoms. The minimum atomic E-state index is -0.664. The maximum absolute atomic E-state index is 12.9. The Bertz CT molecular complexity index is 832. The second-order valence-electron chi connectivity index (χ2n) is 9.11. The average Bonchev–Trinajstić information content (AvgIpc) is 3.31. The SMILES string of the molecule is O=C(C1=NO[C@@]2(C1)CN(C(=O)C1CC1)CC[C@@H]2NCc1ccccc1)N1CCCC1. The van der Waals surface area contributed by atoms with Crippen LogP contribution in [0.3, 0.4) is 0 Å². The molecule has 2 atom stereocenters. The van der Waals surface area contributed by atoms with Gasteiger partial charge in [-0.15, -0.1) is 0 Å². The Morgan fingerprint density at radius 3 is 2.57 bits per heavy atom. The molecule has 30 heavy (non-hydrogen) atoms. The maximum atomic E-state index is 12.9. The fraction of sp³-hybridized carbons (Fsp3) is 0.609. The lowest BCUT2D eigenvalue weighted by molar-refractivity contribution is -0.145. The van der Waals surface area contributed by atoms with Gasteiger partial charge in [0, 0.05) is 38.5 Å². The molecule has 3 aliphatic heterocycles. The zero-order valence-corrected chi connectivity index (χ0v) is 17.4. The van der Waals surface area contributed by atoms with E-state index in [1.54, 1.807) is 0 Å². The van der Waals surface area contributed by atoms with Gasteiger partial charge in [0.2, 0.25) is 5.91 Å². The first kappa shape index (κ1) is 19.5. The fourth-order valence-electron chi connectivity index (χ4n) is 4.94. The second kappa shape index (κ2) is 8.02. The van der Waals surface area contributed by atoms with Crippen LogP contribution in [-0.2, 0) is 21.0 Å². The summed E-state index contributed by atoms with van der Waals surface area (Å²) in [6.07, 6.45) is 5.35. The third kappa shape index (κ3) is 3.83. The smallest absolute Gasteiger partial charge is 0.271 e. The highest BCUT2D eigenvalue weighted by atomic mass is 16.7. The van der Waals surface area contributed by atoms with Crippen LogP contribution in [0.5, 0.6) is 0 Å². The number of nitrogens with one attached hydrogen (secondary N) is 1. The van der Waals surface area contributed by atoms with Crippen LogP contribution >= 0.6 is 0 Å². The summed E-state index contributed by atoms with van der Waals surface area (Å²) >= 11 is 0. The van der Waals surface area contributed by atoms with E-state index in [0.717, 1.165) is 58.3 Å². The molecule has 0 bridgehead atoms. The Morgan fingerprint density at radius 2 is 1.83 bits per heavy atom. The molecular formula is C23H30N4O3. The van der Waals surface area contributed by atoms with Crippen molar-refractivity contribution in [3.8, 4) is 0 Å². The lowest BCUT2D eigenvalue weighted by atomic mass is 9.82. The van der Waals surface area contributed by atoms with E-state index in [4.69, 9.17) is 4.84 Å². The lowest BCUT2D eigenvalue weighted by Gasteiger charge is -2.44. The number of carbonyl (C=O) groups is 2. The lowest BCUT2D eigenvalue weighted by Crippen LogP contribution is -2.63. The quantitative estimate of drug-likeness (QED) is 0.805. The monoisotopic (exact) mass is 410 g/mol. The molecule has 0 unspecified atom stereocenters. The second-order valence-corrected chi connectivity index (χ2v) is 9.11. The Kier molecular flexibility index (Phi) is 5.23. The van der Waals surface area contributed by atoms with E-state index in [1.807, 2.05) is 28.0 Å². The van der Waals surface area contributed by atoms with Crippen LogP contribution in [0.15, 0.2) is 35.5 Å². The normalized spacial score (nSPS) is 28.5. The summed E-state index contributed by atoms with van der Waals surface area (Å²) in [5.74, 6) is 0.416. The molecule has 3 fully saturated rings. The van der Waals surface area contributed by atoms with E-state index in [-0.39, 0.29) is 23.8 Å². The van der Waals surface area contributed by atoms with E-state index >= 15 is 0 Å². The minimum absolute atomic E-state index is 0.00294. The highest BCUT2D eigenvalue weighted by Gasteiger charge is 2.53. The van der Waals surface area contributed by atoms with Crippen molar-refractivity contribution in [2.24, 2.45) is 11.1 Å². The van der Waals surface area contributed by atoms with Gasteiger partial charge in [-0.3, -0.25) is 9.59 Å². The van der Waals surface area contributed by atoms with Gasteiger partial charge in [-0.05, 0) is 37.7 Å². The van der Waals surface area contributed by atoms with Crippen LogP contribution in [0.25, 0.3) is 0 Å². The molecule has 1 N–H and O–H groups in total. The first-order valence-corrected chi connectivity index (χ1v) is 11.2. The van der Waals surface area contributed by atoms with Crippen molar-refractivity contribution in [3.05, 3.63) is 35.9 Å². The van der Waals surface area contributed by atoms with Gasteiger partial charge >= 0.3 is 0 Å². The van der Waals surface area contributed by atoms with Crippen molar-refractivity contribution >= 4 is 17.5 Å². The zero-order chi connectivity index (χ0) is 20.6. The van der Waals surface area contributed by atoms with Gasteiger partial charge < -0.3 is 20.0 Å². The summed E-state index contributed by atoms with van der Waals surface area (Å²) in [6, 6.07) is 10.3. The molecule has 1 aromatic carbocycles. The summed E-state index contributed by atoms with van der Waals surface area (Å²) in [6.45, 7) is 3.54. The summed E-state index contributed by atoms with van der Waals surface area (Å²) in [7, 11) is 0. The number of likely N-dealkylation sites (tertiary alicyclic amines) is 2. The van der Waals surface area contributed by atoms with Crippen molar-refractivity contribution in [2.45, 2.75) is 56.7 Å². The van der Waals surface area contributed by atoms with Gasteiger partial charge in [0.15, 0.2) is 5.60 Å². The van der Waals surface area contributed by atoms with Crippen LogP contribution in [0.1, 0.15) is 44.1 Å². The Morgan fingerprint density at radius 1 is 1.07 bits per heavy atom. The molecule has 160 valence electrons. The number of piperidine rings is 1. The minimum Gasteiger partial charge on any atom is -0.385 e. The molecule has 2 saturated heterocycles. The number of rotatable bonds is 5. The van der Waals surface area contributed by atoms with E-state index in [2.05, 4.69) is 22.6 Å². The third-order valence-electron chi connectivity index (χ3n) is 6.86. The number of nitrogens with zero attached hydrogens (tertiary/aromatic N) is 3. The van der Waals surface area contributed by atoms with Crippen molar-refractivity contribution < 1.29 is 14.4 Å². The van der Waals surface area contributed by atoms with Crippen molar-refractivity contribution in [1.29, 1.82) is 0 Å². The molecule has 2 amide bonds. The molecule has 4 aliphatic rings. The number of amides is 2. The molecule has 7 nitrogen and oxygen atoms in total. The molecule has 1 aliphatic carbocycles. The first-order chi connectivity index (χ1) is 14.6. The molecule has 1 spiro atoms. The number of benzene rings is 1. The van der Waals surface area contributed by atoms with E-state index < -0.39 is 5.60 Å². The van der Waals surface area contributed by atoms with Crippen molar-refractivity contribution in [2.75, 3.05) is 26.2 Å². The molecular weight excluding hydrogens is 380 g/mol. The van der Waals surface area contributed by atoms with Gasteiger partial charge in [0.1, 0.15) is 5.71 Å². The van der Waals surface area contributed by atoms with E-state index in [9.17, 15) is 9.59 Å². The highest BCUT2D eigenvalue weighted by Crippen LogP contribution is 2.38. The fourth-order valence-corrected chi connectivity index (χ4v) is 4.94. The van der Waals surface area contributed by atoms with Crippen LogP contribution in [-0.4, -0.2) is 65.1 Å². The third-order valence-corrected chi connectivity index (χ3v) is 6.86. The van der Waals surface area contributed by atoms with Crippen LogP contribution in [0, 0.1) is 5.92 Å². The van der Waals surface area contributed by atoms with Crippen molar-refractivity contribution in [3.63, 3.8) is 0 Å². The van der Waals surface area contributed by atoms with Crippen LogP contribution in [0.4, 0.5) is 0 Å². The molecule has 1 saturated carbocycles. The van der Waals surface area contributed by atoms with Gasteiger partial charge in [0.25, 0.3) is 5.91 Å². The molecule has 3 heterocycles. The largest absolute Gasteiger partial charge is 0.385 e. The number of hydrogen-bond acceptors (Lipinski definition) is 5. The standard InChI is InChI=1S/C23H30N4O3/c28-21(18-8-9-18)27-13-10-20(24-15-17-6-2-1-3-7-17)23(16-27)14-19(25-30-23)22(29)26-11-4-5-12-26/h1-3,6-7,18,20,24H,4-5,8-16H2/t20-,23-/m0/s1. The number of hydrogen-bond donors (Lipinski definition) is 1. The first-order valence-electron chi connectivity index (χ1n) is 11.2. The van der Waals surface area contributed by atoms with E-state index in [1.165, 1.54) is 5.56 Å². The summed E-state index contributed by atoms with van der Waals surface area (Å²) in [5, 5.41) is 7.91. The summed E-state index contributed by atoms with van der Waals surface area (Å²) < 4.78 is 0. The summed E-state index contributed by atoms with van der Waals surface area (Å²) in [4.78, 5) is 35.5. The van der Waals surface area contributed by atoms with Crippen LogP contribution in [0.2, 0.25) is 0 Å². The predicted octanol–water partition coefficient (Wildman–Crippen LogP) is 1.92. The predicted molar refractivity (Wildman–Crippen MR) is 113 cm³/mol. The zero-order valence-electron chi connectivity index (χ0n) is 17.4. The number of carbonyl (C=O) groups excluding carboxylic acids is 2. The molecule has 0 aromatic heterocycles. The topological polar surface area (TPSA) is 74.2 Å². The van der Waals surface area contributed by atoms with Gasteiger partial charge in [0.05, 0.1) is 12.6 Å².